The number of rotatable bonds is 5. The Balaban J connectivity index is 1.96. The Labute approximate surface area is 141 Å². The Kier molecular flexibility index (Phi) is 4.62. The molecule has 5 heteroatoms. The fourth-order valence-electron chi connectivity index (χ4n) is 2.91. The molecule has 1 aromatic heterocycles. The molecule has 0 aliphatic carbocycles. The topological polar surface area (TPSA) is 58.4 Å². The average molecular weight is 323 g/mol. The predicted octanol–water partition coefficient (Wildman–Crippen LogP) is 3.14. The highest BCUT2D eigenvalue weighted by atomic mass is 16.3. The third-order valence-electron chi connectivity index (χ3n) is 4.04. The summed E-state index contributed by atoms with van der Waals surface area (Å²) in [6.45, 7) is 4.34. The van der Waals surface area contributed by atoms with Crippen LogP contribution in [0.4, 0.5) is 5.69 Å². The van der Waals surface area contributed by atoms with E-state index in [1.807, 2.05) is 61.5 Å². The quantitative estimate of drug-likeness (QED) is 0.785. The van der Waals surface area contributed by atoms with Gasteiger partial charge >= 0.3 is 0 Å². The number of carbonyl (C=O) groups excluding carboxylic acids is 1. The van der Waals surface area contributed by atoms with Crippen LogP contribution in [0.2, 0.25) is 0 Å². The van der Waals surface area contributed by atoms with Crippen molar-refractivity contribution in [1.82, 2.24) is 9.55 Å². The summed E-state index contributed by atoms with van der Waals surface area (Å²) in [6, 6.07) is 17.2. The van der Waals surface area contributed by atoms with Crippen molar-refractivity contribution in [3.05, 3.63) is 60.4 Å². The molecule has 2 aromatic carbocycles. The van der Waals surface area contributed by atoms with E-state index in [9.17, 15) is 9.90 Å². The van der Waals surface area contributed by atoms with Crippen LogP contribution in [0, 0.1) is 0 Å². The van der Waals surface area contributed by atoms with Crippen molar-refractivity contribution >= 4 is 22.6 Å². The largest absolute Gasteiger partial charge is 0.385 e. The number of benzene rings is 2. The Morgan fingerprint density at radius 1 is 1.17 bits per heavy atom. The van der Waals surface area contributed by atoms with Crippen LogP contribution in [-0.2, 0) is 11.3 Å². The first-order chi connectivity index (χ1) is 11.6. The van der Waals surface area contributed by atoms with Gasteiger partial charge in [-0.25, -0.2) is 4.98 Å². The van der Waals surface area contributed by atoms with Gasteiger partial charge in [0.05, 0.1) is 11.0 Å². The molecule has 0 spiro atoms. The summed E-state index contributed by atoms with van der Waals surface area (Å²) < 4.78 is 1.80. The van der Waals surface area contributed by atoms with Gasteiger partial charge in [0.1, 0.15) is 18.5 Å². The molecule has 1 atom stereocenters. The number of imidazole rings is 1. The van der Waals surface area contributed by atoms with Crippen LogP contribution in [0.25, 0.3) is 11.0 Å². The summed E-state index contributed by atoms with van der Waals surface area (Å²) in [5.41, 5.74) is 2.50. The average Bonchev–Trinajstić information content (AvgIpc) is 2.95. The molecule has 24 heavy (non-hydrogen) atoms. The van der Waals surface area contributed by atoms with E-state index in [0.29, 0.717) is 12.4 Å². The first-order valence-electron chi connectivity index (χ1n) is 8.10. The van der Waals surface area contributed by atoms with Crippen LogP contribution in [-0.4, -0.2) is 27.1 Å². The van der Waals surface area contributed by atoms with Crippen LogP contribution < -0.4 is 4.90 Å². The van der Waals surface area contributed by atoms with Crippen LogP contribution in [0.5, 0.6) is 0 Å². The van der Waals surface area contributed by atoms with Gasteiger partial charge in [-0.3, -0.25) is 4.79 Å². The van der Waals surface area contributed by atoms with Crippen LogP contribution in [0.3, 0.4) is 0 Å². The lowest BCUT2D eigenvalue weighted by atomic mass is 10.2. The van der Waals surface area contributed by atoms with E-state index < -0.39 is 6.10 Å². The zero-order valence-electron chi connectivity index (χ0n) is 13.9. The second kappa shape index (κ2) is 6.84. The van der Waals surface area contributed by atoms with Crippen molar-refractivity contribution in [3.8, 4) is 0 Å². The van der Waals surface area contributed by atoms with Gasteiger partial charge in [-0.1, -0.05) is 30.3 Å². The SMILES string of the molecule is CCN(C(=O)Cn1c([C@H](C)O)nc2ccccc21)c1ccccc1. The highest BCUT2D eigenvalue weighted by Crippen LogP contribution is 2.22. The number of aliphatic hydroxyl groups is 1. The monoisotopic (exact) mass is 323 g/mol. The lowest BCUT2D eigenvalue weighted by Crippen LogP contribution is -2.34. The van der Waals surface area contributed by atoms with Gasteiger partial charge in [-0.05, 0) is 38.1 Å². The van der Waals surface area contributed by atoms with E-state index in [1.165, 1.54) is 0 Å². The molecule has 0 bridgehead atoms. The van der Waals surface area contributed by atoms with Gasteiger partial charge in [-0.15, -0.1) is 0 Å². The number of nitrogens with zero attached hydrogens (tertiary/aromatic N) is 3. The fourth-order valence-corrected chi connectivity index (χ4v) is 2.91. The number of amides is 1. The van der Waals surface area contributed by atoms with E-state index in [0.717, 1.165) is 16.7 Å². The number of anilines is 1. The summed E-state index contributed by atoms with van der Waals surface area (Å²) in [5, 5.41) is 10.0. The van der Waals surface area contributed by atoms with Crippen LogP contribution in [0.1, 0.15) is 25.8 Å². The number of hydrogen-bond acceptors (Lipinski definition) is 3. The molecular weight excluding hydrogens is 302 g/mol. The maximum atomic E-state index is 12.9. The highest BCUT2D eigenvalue weighted by Gasteiger charge is 2.20. The second-order valence-corrected chi connectivity index (χ2v) is 5.69. The number of likely N-dealkylation sites (N-methyl/N-ethyl adjacent to an activating group) is 1. The Morgan fingerprint density at radius 3 is 2.50 bits per heavy atom. The molecule has 0 fully saturated rings. The van der Waals surface area contributed by atoms with E-state index in [-0.39, 0.29) is 12.5 Å². The van der Waals surface area contributed by atoms with Crippen molar-refractivity contribution < 1.29 is 9.90 Å². The van der Waals surface area contributed by atoms with E-state index >= 15 is 0 Å². The molecule has 1 amide bonds. The summed E-state index contributed by atoms with van der Waals surface area (Å²) in [5.74, 6) is 0.474. The van der Waals surface area contributed by atoms with Crippen molar-refractivity contribution in [1.29, 1.82) is 0 Å². The molecule has 1 N–H and O–H groups in total. The first kappa shape index (κ1) is 16.2. The number of aliphatic hydroxyl groups excluding tert-OH is 1. The molecule has 0 saturated carbocycles. The van der Waals surface area contributed by atoms with Crippen molar-refractivity contribution in [2.45, 2.75) is 26.5 Å². The summed E-state index contributed by atoms with van der Waals surface area (Å²) in [7, 11) is 0. The molecule has 5 nitrogen and oxygen atoms in total. The molecule has 0 saturated heterocycles. The molecule has 0 aliphatic heterocycles. The zero-order chi connectivity index (χ0) is 17.1. The molecule has 3 aromatic rings. The van der Waals surface area contributed by atoms with E-state index in [4.69, 9.17) is 0 Å². The van der Waals surface area contributed by atoms with E-state index in [2.05, 4.69) is 4.98 Å². The van der Waals surface area contributed by atoms with Gasteiger partial charge in [0, 0.05) is 12.2 Å². The predicted molar refractivity (Wildman–Crippen MR) is 94.8 cm³/mol. The van der Waals surface area contributed by atoms with Crippen molar-refractivity contribution in [2.75, 3.05) is 11.4 Å². The van der Waals surface area contributed by atoms with Gasteiger partial charge in [0.25, 0.3) is 0 Å². The lowest BCUT2D eigenvalue weighted by molar-refractivity contribution is -0.119. The van der Waals surface area contributed by atoms with Gasteiger partial charge < -0.3 is 14.6 Å². The minimum absolute atomic E-state index is 0.0336. The van der Waals surface area contributed by atoms with Crippen molar-refractivity contribution in [3.63, 3.8) is 0 Å². The lowest BCUT2D eigenvalue weighted by Gasteiger charge is -2.22. The highest BCUT2D eigenvalue weighted by molar-refractivity contribution is 5.94. The van der Waals surface area contributed by atoms with Crippen LogP contribution >= 0.6 is 0 Å². The van der Waals surface area contributed by atoms with Crippen molar-refractivity contribution in [2.24, 2.45) is 0 Å². The summed E-state index contributed by atoms with van der Waals surface area (Å²) in [4.78, 5) is 19.1. The maximum Gasteiger partial charge on any atom is 0.246 e. The molecular formula is C19H21N3O2. The molecule has 0 unspecified atom stereocenters. The minimum Gasteiger partial charge on any atom is -0.385 e. The van der Waals surface area contributed by atoms with Crippen LogP contribution in [0.15, 0.2) is 54.6 Å². The number of aromatic nitrogens is 2. The Hall–Kier alpha value is -2.66. The fraction of sp³-hybridized carbons (Fsp3) is 0.263. The minimum atomic E-state index is -0.739. The van der Waals surface area contributed by atoms with Gasteiger partial charge in [0.2, 0.25) is 5.91 Å². The number of fused-ring (bicyclic) bond motifs is 1. The second-order valence-electron chi connectivity index (χ2n) is 5.69. The Bertz CT molecular complexity index is 840. The summed E-state index contributed by atoms with van der Waals surface area (Å²) in [6.07, 6.45) is -0.739. The molecule has 3 rings (SSSR count). The first-order valence-corrected chi connectivity index (χ1v) is 8.10. The zero-order valence-corrected chi connectivity index (χ0v) is 13.9. The molecule has 0 aliphatic rings. The Morgan fingerprint density at radius 2 is 1.83 bits per heavy atom. The van der Waals surface area contributed by atoms with E-state index in [1.54, 1.807) is 16.4 Å². The third kappa shape index (κ3) is 3.03. The smallest absolute Gasteiger partial charge is 0.246 e. The number of hydrogen-bond donors (Lipinski definition) is 1. The third-order valence-corrected chi connectivity index (χ3v) is 4.04. The molecule has 124 valence electrons. The number of para-hydroxylation sites is 3. The van der Waals surface area contributed by atoms with Gasteiger partial charge in [0.15, 0.2) is 0 Å². The summed E-state index contributed by atoms with van der Waals surface area (Å²) >= 11 is 0. The molecule has 0 radical (unpaired) electrons. The number of carbonyl (C=O) groups is 1. The maximum absolute atomic E-state index is 12.9. The molecule has 1 heterocycles. The van der Waals surface area contributed by atoms with Gasteiger partial charge in [-0.2, -0.15) is 0 Å². The standard InChI is InChI=1S/C19H21N3O2/c1-3-21(15-9-5-4-6-10-15)18(24)13-22-17-12-8-7-11-16(17)20-19(22)14(2)23/h4-12,14,23H,3,13H2,1-2H3/t14-/m0/s1. The normalized spacial score (nSPS) is 12.3.